The summed E-state index contributed by atoms with van der Waals surface area (Å²) in [4.78, 5) is 3.80. The van der Waals surface area contributed by atoms with Crippen molar-refractivity contribution in [2.75, 3.05) is 5.88 Å². The average molecular weight is 211 g/mol. The molecule has 0 aliphatic rings. The van der Waals surface area contributed by atoms with Crippen LogP contribution in [0, 0.1) is 23.2 Å². The molecule has 1 aromatic rings. The minimum absolute atomic E-state index is 0.229. The number of hydrogen-bond acceptors (Lipinski definition) is 2. The van der Waals surface area contributed by atoms with E-state index in [9.17, 15) is 0 Å². The molecule has 0 atom stereocenters. The van der Waals surface area contributed by atoms with Crippen LogP contribution >= 0.6 is 23.2 Å². The number of hydrogen-bond donors (Lipinski definition) is 0. The third kappa shape index (κ3) is 2.63. The molecule has 1 heterocycles. The number of rotatable bonds is 0. The van der Waals surface area contributed by atoms with Crippen LogP contribution in [-0.2, 0) is 0 Å². The number of aromatic nitrogens is 1. The Labute approximate surface area is 86.1 Å². The van der Waals surface area contributed by atoms with Crippen molar-refractivity contribution in [1.82, 2.24) is 4.98 Å². The summed E-state index contributed by atoms with van der Waals surface area (Å²) in [5, 5.41) is 8.86. The summed E-state index contributed by atoms with van der Waals surface area (Å²) in [6.07, 6.45) is 1.40. The molecular formula is C9H4Cl2N2. The summed E-state index contributed by atoms with van der Waals surface area (Å²) in [7, 11) is 0. The summed E-state index contributed by atoms with van der Waals surface area (Å²) < 4.78 is 0. The van der Waals surface area contributed by atoms with E-state index in [0.717, 1.165) is 0 Å². The number of alkyl halides is 1. The van der Waals surface area contributed by atoms with Crippen molar-refractivity contribution in [1.29, 1.82) is 5.26 Å². The normalized spacial score (nSPS) is 8.38. The van der Waals surface area contributed by atoms with Crippen LogP contribution in [0.5, 0.6) is 0 Å². The van der Waals surface area contributed by atoms with Crippen LogP contribution in [0.4, 0.5) is 0 Å². The van der Waals surface area contributed by atoms with Crippen molar-refractivity contribution in [3.8, 4) is 17.9 Å². The van der Waals surface area contributed by atoms with Gasteiger partial charge in [0.05, 0.1) is 17.0 Å². The molecule has 13 heavy (non-hydrogen) atoms. The molecule has 1 rings (SSSR count). The standard InChI is InChI=1S/C9H4Cl2N2/c10-3-1-2-8-4-7(5-12)6-13-9(8)11/h4,6H,3H2. The van der Waals surface area contributed by atoms with E-state index < -0.39 is 0 Å². The largest absolute Gasteiger partial charge is 0.242 e. The average Bonchev–Trinajstić information content (AvgIpc) is 2.17. The van der Waals surface area contributed by atoms with E-state index in [1.807, 2.05) is 6.07 Å². The van der Waals surface area contributed by atoms with Gasteiger partial charge in [0.15, 0.2) is 0 Å². The first kappa shape index (κ1) is 9.86. The highest BCUT2D eigenvalue weighted by Crippen LogP contribution is 2.12. The van der Waals surface area contributed by atoms with Crippen molar-refractivity contribution < 1.29 is 0 Å². The van der Waals surface area contributed by atoms with Crippen molar-refractivity contribution >= 4 is 23.2 Å². The van der Waals surface area contributed by atoms with E-state index in [1.165, 1.54) is 6.20 Å². The topological polar surface area (TPSA) is 36.7 Å². The lowest BCUT2D eigenvalue weighted by molar-refractivity contribution is 1.29. The Morgan fingerprint density at radius 2 is 2.31 bits per heavy atom. The fraction of sp³-hybridized carbons (Fsp3) is 0.111. The molecule has 0 radical (unpaired) electrons. The Bertz CT molecular complexity index is 410. The Morgan fingerprint density at radius 1 is 1.54 bits per heavy atom. The quantitative estimate of drug-likeness (QED) is 0.374. The summed E-state index contributed by atoms with van der Waals surface area (Å²) in [5.74, 6) is 5.58. The van der Waals surface area contributed by atoms with Crippen molar-refractivity contribution in [3.05, 3.63) is 28.5 Å². The van der Waals surface area contributed by atoms with E-state index >= 15 is 0 Å². The van der Waals surface area contributed by atoms with Gasteiger partial charge >= 0.3 is 0 Å². The molecule has 0 spiro atoms. The fourth-order valence-corrected chi connectivity index (χ4v) is 0.943. The van der Waals surface area contributed by atoms with Gasteiger partial charge < -0.3 is 0 Å². The molecule has 0 aliphatic carbocycles. The third-order valence-corrected chi connectivity index (χ3v) is 1.69. The van der Waals surface area contributed by atoms with E-state index in [-0.39, 0.29) is 11.0 Å². The van der Waals surface area contributed by atoms with Gasteiger partial charge in [-0.15, -0.1) is 11.6 Å². The van der Waals surface area contributed by atoms with Crippen LogP contribution in [0.15, 0.2) is 12.3 Å². The Balaban J connectivity index is 3.13. The first-order valence-electron chi connectivity index (χ1n) is 3.38. The smallest absolute Gasteiger partial charge is 0.144 e. The lowest BCUT2D eigenvalue weighted by Crippen LogP contribution is -1.85. The number of nitriles is 1. The predicted octanol–water partition coefficient (Wildman–Crippen LogP) is 2.20. The maximum Gasteiger partial charge on any atom is 0.144 e. The van der Waals surface area contributed by atoms with Crippen molar-refractivity contribution in [2.45, 2.75) is 0 Å². The summed E-state index contributed by atoms with van der Waals surface area (Å²) >= 11 is 11.1. The molecule has 4 heteroatoms. The first-order chi connectivity index (χ1) is 6.27. The zero-order valence-corrected chi connectivity index (χ0v) is 8.02. The molecule has 0 fully saturated rings. The fourth-order valence-electron chi connectivity index (χ4n) is 0.726. The zero-order valence-electron chi connectivity index (χ0n) is 6.51. The second kappa shape index (κ2) is 4.72. The minimum atomic E-state index is 0.229. The first-order valence-corrected chi connectivity index (χ1v) is 4.29. The second-order valence-electron chi connectivity index (χ2n) is 2.11. The number of pyridine rings is 1. The lowest BCUT2D eigenvalue weighted by atomic mass is 10.2. The van der Waals surface area contributed by atoms with Crippen molar-refractivity contribution in [2.24, 2.45) is 0 Å². The van der Waals surface area contributed by atoms with Gasteiger partial charge in [-0.1, -0.05) is 23.4 Å². The molecule has 0 aliphatic heterocycles. The van der Waals surface area contributed by atoms with Gasteiger partial charge in [-0.3, -0.25) is 0 Å². The van der Waals surface area contributed by atoms with Gasteiger partial charge in [-0.25, -0.2) is 4.98 Å². The van der Waals surface area contributed by atoms with Crippen molar-refractivity contribution in [3.63, 3.8) is 0 Å². The van der Waals surface area contributed by atoms with Crippen LogP contribution in [0.3, 0.4) is 0 Å². The molecule has 0 N–H and O–H groups in total. The highest BCUT2D eigenvalue weighted by atomic mass is 35.5. The maximum atomic E-state index is 8.57. The van der Waals surface area contributed by atoms with Crippen LogP contribution in [0.1, 0.15) is 11.1 Å². The van der Waals surface area contributed by atoms with Gasteiger partial charge in [0.2, 0.25) is 0 Å². The van der Waals surface area contributed by atoms with E-state index in [2.05, 4.69) is 16.8 Å². The van der Waals surface area contributed by atoms with Gasteiger partial charge in [-0.2, -0.15) is 5.26 Å². The highest BCUT2D eigenvalue weighted by Gasteiger charge is 1.99. The Kier molecular flexibility index (Phi) is 3.58. The molecule has 2 nitrogen and oxygen atoms in total. The molecule has 0 amide bonds. The number of nitrogens with zero attached hydrogens (tertiary/aromatic N) is 2. The van der Waals surface area contributed by atoms with Crippen LogP contribution in [-0.4, -0.2) is 10.9 Å². The molecule has 64 valence electrons. The minimum Gasteiger partial charge on any atom is -0.242 e. The third-order valence-electron chi connectivity index (χ3n) is 1.26. The molecule has 0 bridgehead atoms. The second-order valence-corrected chi connectivity index (χ2v) is 2.73. The monoisotopic (exact) mass is 210 g/mol. The lowest BCUT2D eigenvalue weighted by Gasteiger charge is -1.93. The van der Waals surface area contributed by atoms with Gasteiger partial charge in [-0.05, 0) is 6.07 Å². The Hall–Kier alpha value is -1.22. The number of halogens is 2. The van der Waals surface area contributed by atoms with Crippen LogP contribution in [0.2, 0.25) is 5.15 Å². The molecule has 0 saturated heterocycles. The maximum absolute atomic E-state index is 8.57. The molecule has 0 unspecified atom stereocenters. The predicted molar refractivity (Wildman–Crippen MR) is 51.6 cm³/mol. The summed E-state index contributed by atoms with van der Waals surface area (Å²) in [6.45, 7) is 0. The van der Waals surface area contributed by atoms with Gasteiger partial charge in [0.25, 0.3) is 0 Å². The molecule has 0 aromatic carbocycles. The Morgan fingerprint density at radius 3 is 2.92 bits per heavy atom. The molecule has 1 aromatic heterocycles. The molecule has 0 saturated carbocycles. The van der Waals surface area contributed by atoms with E-state index in [1.54, 1.807) is 6.07 Å². The van der Waals surface area contributed by atoms with Gasteiger partial charge in [0.1, 0.15) is 11.2 Å². The van der Waals surface area contributed by atoms with Crippen LogP contribution in [0.25, 0.3) is 0 Å². The molecular weight excluding hydrogens is 207 g/mol. The SMILES string of the molecule is N#Cc1cnc(Cl)c(C#CCCl)c1. The summed E-state index contributed by atoms with van der Waals surface area (Å²) in [6, 6.07) is 3.53. The summed E-state index contributed by atoms with van der Waals surface area (Å²) in [5.41, 5.74) is 0.963. The van der Waals surface area contributed by atoms with E-state index in [4.69, 9.17) is 28.5 Å². The van der Waals surface area contributed by atoms with E-state index in [0.29, 0.717) is 11.1 Å². The van der Waals surface area contributed by atoms with Crippen LogP contribution < -0.4 is 0 Å². The van der Waals surface area contributed by atoms with Gasteiger partial charge in [0, 0.05) is 6.20 Å². The highest BCUT2D eigenvalue weighted by molar-refractivity contribution is 6.30. The zero-order chi connectivity index (χ0) is 9.68.